The number of ether oxygens (including phenoxy) is 2. The van der Waals surface area contributed by atoms with E-state index in [4.69, 9.17) is 9.47 Å². The van der Waals surface area contributed by atoms with Crippen LogP contribution in [0.25, 0.3) is 0 Å². The van der Waals surface area contributed by atoms with Crippen molar-refractivity contribution in [3.63, 3.8) is 0 Å². The van der Waals surface area contributed by atoms with Gasteiger partial charge in [-0.2, -0.15) is 0 Å². The molecule has 0 radical (unpaired) electrons. The smallest absolute Gasteiger partial charge is 0.410 e. The zero-order valence-corrected chi connectivity index (χ0v) is 15.1. The Morgan fingerprint density at radius 3 is 2.62 bits per heavy atom. The summed E-state index contributed by atoms with van der Waals surface area (Å²) in [7, 11) is 0. The van der Waals surface area contributed by atoms with Crippen LogP contribution in [0.3, 0.4) is 0 Å². The van der Waals surface area contributed by atoms with Crippen LogP contribution < -0.4 is 0 Å². The summed E-state index contributed by atoms with van der Waals surface area (Å²) in [6.07, 6.45) is 1.62. The molecule has 1 heterocycles. The van der Waals surface area contributed by atoms with Gasteiger partial charge in [0.25, 0.3) is 0 Å². The van der Waals surface area contributed by atoms with E-state index in [0.29, 0.717) is 32.5 Å². The van der Waals surface area contributed by atoms with Crippen LogP contribution in [-0.4, -0.2) is 35.7 Å². The first-order valence-electron chi connectivity index (χ1n) is 8.52. The van der Waals surface area contributed by atoms with E-state index in [-0.39, 0.29) is 12.1 Å². The van der Waals surface area contributed by atoms with Gasteiger partial charge in [-0.15, -0.1) is 0 Å². The third-order valence-electron chi connectivity index (χ3n) is 3.86. The second-order valence-corrected chi connectivity index (χ2v) is 7.06. The zero-order chi connectivity index (χ0) is 17.7. The molecule has 0 spiro atoms. The summed E-state index contributed by atoms with van der Waals surface area (Å²) in [5, 5.41) is 0. The summed E-state index contributed by atoms with van der Waals surface area (Å²) < 4.78 is 10.4. The SMILES string of the molecule is CCOC(=O)CCc1ccc2c(c1)CCN(C(=O)OC(C)(C)C)C2. The van der Waals surface area contributed by atoms with Crippen molar-refractivity contribution >= 4 is 12.1 Å². The average molecular weight is 333 g/mol. The van der Waals surface area contributed by atoms with Gasteiger partial charge >= 0.3 is 12.1 Å². The molecule has 0 unspecified atom stereocenters. The van der Waals surface area contributed by atoms with E-state index in [0.717, 1.165) is 17.5 Å². The molecule has 0 atom stereocenters. The van der Waals surface area contributed by atoms with Crippen molar-refractivity contribution in [3.8, 4) is 0 Å². The Morgan fingerprint density at radius 2 is 1.96 bits per heavy atom. The topological polar surface area (TPSA) is 55.8 Å². The summed E-state index contributed by atoms with van der Waals surface area (Å²) in [6, 6.07) is 6.21. The van der Waals surface area contributed by atoms with E-state index >= 15 is 0 Å². The van der Waals surface area contributed by atoms with Crippen LogP contribution in [0.15, 0.2) is 18.2 Å². The number of fused-ring (bicyclic) bond motifs is 1. The van der Waals surface area contributed by atoms with Crippen LogP contribution in [0, 0.1) is 0 Å². The van der Waals surface area contributed by atoms with E-state index in [1.54, 1.807) is 4.90 Å². The predicted molar refractivity (Wildman–Crippen MR) is 91.7 cm³/mol. The van der Waals surface area contributed by atoms with Gasteiger partial charge < -0.3 is 14.4 Å². The summed E-state index contributed by atoms with van der Waals surface area (Å²) in [6.45, 7) is 9.08. The van der Waals surface area contributed by atoms with E-state index in [1.165, 1.54) is 5.56 Å². The number of hydrogen-bond donors (Lipinski definition) is 0. The zero-order valence-electron chi connectivity index (χ0n) is 15.1. The van der Waals surface area contributed by atoms with Crippen LogP contribution in [0.5, 0.6) is 0 Å². The monoisotopic (exact) mass is 333 g/mol. The van der Waals surface area contributed by atoms with Crippen molar-refractivity contribution in [2.75, 3.05) is 13.2 Å². The minimum atomic E-state index is -0.478. The lowest BCUT2D eigenvalue weighted by molar-refractivity contribution is -0.143. The van der Waals surface area contributed by atoms with E-state index in [1.807, 2.05) is 39.8 Å². The highest BCUT2D eigenvalue weighted by atomic mass is 16.6. The number of amides is 1. The van der Waals surface area contributed by atoms with Crippen LogP contribution in [0.1, 0.15) is 50.8 Å². The molecule has 0 bridgehead atoms. The maximum atomic E-state index is 12.2. The standard InChI is InChI=1S/C19H27NO4/c1-5-23-17(21)9-7-14-6-8-16-13-20(11-10-15(16)12-14)18(22)24-19(2,3)4/h6,8,12H,5,7,9-11,13H2,1-4H3. The fraction of sp³-hybridized carbons (Fsp3) is 0.579. The highest BCUT2D eigenvalue weighted by Gasteiger charge is 2.25. The lowest BCUT2D eigenvalue weighted by Gasteiger charge is -2.31. The van der Waals surface area contributed by atoms with Gasteiger partial charge in [0.15, 0.2) is 0 Å². The van der Waals surface area contributed by atoms with Crippen LogP contribution in [-0.2, 0) is 33.7 Å². The van der Waals surface area contributed by atoms with Gasteiger partial charge in [0.05, 0.1) is 6.61 Å². The fourth-order valence-corrected chi connectivity index (χ4v) is 2.72. The first kappa shape index (κ1) is 18.3. The molecule has 5 heteroatoms. The normalized spacial score (nSPS) is 14.1. The molecule has 1 aromatic carbocycles. The largest absolute Gasteiger partial charge is 0.466 e. The summed E-state index contributed by atoms with van der Waals surface area (Å²) in [4.78, 5) is 25.4. The molecule has 132 valence electrons. The Balaban J connectivity index is 1.96. The van der Waals surface area contributed by atoms with Crippen LogP contribution in [0.2, 0.25) is 0 Å². The average Bonchev–Trinajstić information content (AvgIpc) is 2.51. The minimum absolute atomic E-state index is 0.161. The number of esters is 1. The molecule has 0 saturated carbocycles. The molecule has 24 heavy (non-hydrogen) atoms. The highest BCUT2D eigenvalue weighted by Crippen LogP contribution is 2.22. The molecule has 2 rings (SSSR count). The predicted octanol–water partition coefficient (Wildman–Crippen LogP) is 3.48. The molecule has 1 aliphatic rings. The minimum Gasteiger partial charge on any atom is -0.466 e. The van der Waals surface area contributed by atoms with Crippen molar-refractivity contribution in [1.29, 1.82) is 0 Å². The van der Waals surface area contributed by atoms with Gasteiger partial charge in [-0.1, -0.05) is 18.2 Å². The Bertz CT molecular complexity index is 604. The number of carbonyl (C=O) groups is 2. The summed E-state index contributed by atoms with van der Waals surface area (Å²) in [5.74, 6) is -0.161. The number of carbonyl (C=O) groups excluding carboxylic acids is 2. The number of nitrogens with zero attached hydrogens (tertiary/aromatic N) is 1. The van der Waals surface area contributed by atoms with Crippen LogP contribution in [0.4, 0.5) is 4.79 Å². The fourth-order valence-electron chi connectivity index (χ4n) is 2.72. The molecule has 1 amide bonds. The Hall–Kier alpha value is -2.04. The van der Waals surface area contributed by atoms with E-state index in [9.17, 15) is 9.59 Å². The third kappa shape index (κ3) is 5.25. The maximum absolute atomic E-state index is 12.2. The second-order valence-electron chi connectivity index (χ2n) is 7.06. The van der Waals surface area contributed by atoms with E-state index in [2.05, 4.69) is 6.07 Å². The van der Waals surface area contributed by atoms with Crippen molar-refractivity contribution in [2.45, 2.75) is 59.1 Å². The Morgan fingerprint density at radius 1 is 1.21 bits per heavy atom. The number of aryl methyl sites for hydroxylation is 1. The van der Waals surface area contributed by atoms with Crippen molar-refractivity contribution < 1.29 is 19.1 Å². The molecule has 1 aromatic rings. The molecule has 0 saturated heterocycles. The lowest BCUT2D eigenvalue weighted by atomic mass is 9.96. The molecule has 5 nitrogen and oxygen atoms in total. The molecule has 0 N–H and O–H groups in total. The second kappa shape index (κ2) is 7.69. The van der Waals surface area contributed by atoms with Crippen molar-refractivity contribution in [1.82, 2.24) is 4.90 Å². The summed E-state index contributed by atoms with van der Waals surface area (Å²) in [5.41, 5.74) is 3.05. The van der Waals surface area contributed by atoms with Gasteiger partial charge in [-0.05, 0) is 57.2 Å². The van der Waals surface area contributed by atoms with Gasteiger partial charge in [0.1, 0.15) is 5.60 Å². The van der Waals surface area contributed by atoms with E-state index < -0.39 is 5.60 Å². The molecular formula is C19H27NO4. The molecular weight excluding hydrogens is 306 g/mol. The first-order chi connectivity index (χ1) is 11.3. The highest BCUT2D eigenvalue weighted by molar-refractivity contribution is 5.70. The molecule has 0 aliphatic carbocycles. The quantitative estimate of drug-likeness (QED) is 0.792. The third-order valence-corrected chi connectivity index (χ3v) is 3.86. The van der Waals surface area contributed by atoms with Gasteiger partial charge in [0, 0.05) is 19.5 Å². The molecule has 0 aromatic heterocycles. The van der Waals surface area contributed by atoms with Crippen molar-refractivity contribution in [3.05, 3.63) is 34.9 Å². The molecule has 0 fully saturated rings. The van der Waals surface area contributed by atoms with Gasteiger partial charge in [0.2, 0.25) is 0 Å². The maximum Gasteiger partial charge on any atom is 0.410 e. The van der Waals surface area contributed by atoms with Gasteiger partial charge in [-0.3, -0.25) is 4.79 Å². The van der Waals surface area contributed by atoms with Gasteiger partial charge in [-0.25, -0.2) is 4.79 Å². The number of hydrogen-bond acceptors (Lipinski definition) is 4. The van der Waals surface area contributed by atoms with Crippen LogP contribution >= 0.6 is 0 Å². The van der Waals surface area contributed by atoms with Crippen molar-refractivity contribution in [2.24, 2.45) is 0 Å². The molecule has 1 aliphatic heterocycles. The lowest BCUT2D eigenvalue weighted by Crippen LogP contribution is -2.39. The number of rotatable bonds is 4. The number of benzene rings is 1. The Kier molecular flexibility index (Phi) is 5.86. The first-order valence-corrected chi connectivity index (χ1v) is 8.52. The Labute approximate surface area is 143 Å². The summed E-state index contributed by atoms with van der Waals surface area (Å²) >= 11 is 0.